The van der Waals surface area contributed by atoms with E-state index in [9.17, 15) is 14.7 Å². The second-order valence-corrected chi connectivity index (χ2v) is 6.57. The van der Waals surface area contributed by atoms with Crippen molar-refractivity contribution in [1.82, 2.24) is 5.32 Å². The molecular formula is C14H25NO4. The van der Waals surface area contributed by atoms with Gasteiger partial charge in [-0.05, 0) is 39.0 Å². The topological polar surface area (TPSA) is 75.6 Å². The molecule has 1 amide bonds. The summed E-state index contributed by atoms with van der Waals surface area (Å²) in [5.41, 5.74) is -1.75. The van der Waals surface area contributed by atoms with E-state index in [4.69, 9.17) is 4.74 Å². The molecule has 5 nitrogen and oxygen atoms in total. The minimum absolute atomic E-state index is 0.0351. The van der Waals surface area contributed by atoms with Crippen molar-refractivity contribution in [2.75, 3.05) is 0 Å². The Morgan fingerprint density at radius 2 is 1.68 bits per heavy atom. The van der Waals surface area contributed by atoms with Crippen LogP contribution in [0.25, 0.3) is 0 Å². The molecule has 0 atom stereocenters. The van der Waals surface area contributed by atoms with Crippen LogP contribution in [0.3, 0.4) is 0 Å². The van der Waals surface area contributed by atoms with Crippen molar-refractivity contribution in [2.24, 2.45) is 5.41 Å². The standard InChI is InChI=1S/C14H25NO4/c1-6-13(7-2)8-14(9-13,10(16)17)15-11(18)19-12(3,4)5/h6-9H2,1-5H3,(H,15,18)(H,16,17). The summed E-state index contributed by atoms with van der Waals surface area (Å²) >= 11 is 0. The van der Waals surface area contributed by atoms with Gasteiger partial charge in [0, 0.05) is 0 Å². The van der Waals surface area contributed by atoms with Crippen molar-refractivity contribution in [2.45, 2.75) is 71.4 Å². The summed E-state index contributed by atoms with van der Waals surface area (Å²) in [5.74, 6) is -0.976. The Morgan fingerprint density at radius 3 is 2.00 bits per heavy atom. The first-order valence-corrected chi connectivity index (χ1v) is 6.83. The number of carboxylic acid groups (broad SMARTS) is 1. The molecule has 1 rings (SSSR count). The number of carbonyl (C=O) groups is 2. The van der Waals surface area contributed by atoms with E-state index in [1.165, 1.54) is 0 Å². The number of carbonyl (C=O) groups excluding carboxylic acids is 1. The Hall–Kier alpha value is -1.26. The van der Waals surface area contributed by atoms with Gasteiger partial charge in [-0.1, -0.05) is 26.7 Å². The van der Waals surface area contributed by atoms with Crippen LogP contribution in [0.2, 0.25) is 0 Å². The van der Waals surface area contributed by atoms with Gasteiger partial charge in [-0.15, -0.1) is 0 Å². The van der Waals surface area contributed by atoms with E-state index in [1.807, 2.05) is 0 Å². The molecule has 0 spiro atoms. The number of hydrogen-bond donors (Lipinski definition) is 2. The molecule has 0 radical (unpaired) electrons. The van der Waals surface area contributed by atoms with Crippen LogP contribution in [0.4, 0.5) is 4.79 Å². The number of amides is 1. The van der Waals surface area contributed by atoms with Gasteiger partial charge in [0.05, 0.1) is 0 Å². The molecule has 19 heavy (non-hydrogen) atoms. The summed E-state index contributed by atoms with van der Waals surface area (Å²) in [6.45, 7) is 9.38. The highest BCUT2D eigenvalue weighted by molar-refractivity contribution is 5.86. The molecule has 0 unspecified atom stereocenters. The molecule has 0 aromatic carbocycles. The van der Waals surface area contributed by atoms with Crippen molar-refractivity contribution >= 4 is 12.1 Å². The summed E-state index contributed by atoms with van der Waals surface area (Å²) in [6.07, 6.45) is 2.14. The Morgan fingerprint density at radius 1 is 1.21 bits per heavy atom. The van der Waals surface area contributed by atoms with Gasteiger partial charge in [-0.2, -0.15) is 0 Å². The highest BCUT2D eigenvalue weighted by Crippen LogP contribution is 2.53. The fraction of sp³-hybridized carbons (Fsp3) is 0.857. The molecule has 0 heterocycles. The lowest BCUT2D eigenvalue weighted by Gasteiger charge is -2.53. The van der Waals surface area contributed by atoms with Crippen LogP contribution < -0.4 is 5.32 Å². The monoisotopic (exact) mass is 271 g/mol. The van der Waals surface area contributed by atoms with E-state index in [1.54, 1.807) is 20.8 Å². The van der Waals surface area contributed by atoms with E-state index in [0.717, 1.165) is 12.8 Å². The summed E-state index contributed by atoms with van der Waals surface area (Å²) < 4.78 is 5.14. The Balaban J connectivity index is 2.72. The zero-order valence-corrected chi connectivity index (χ0v) is 12.5. The molecule has 0 aliphatic heterocycles. The summed E-state index contributed by atoms with van der Waals surface area (Å²) in [7, 11) is 0. The largest absolute Gasteiger partial charge is 0.480 e. The van der Waals surface area contributed by atoms with Crippen molar-refractivity contribution in [3.05, 3.63) is 0 Å². The first-order valence-electron chi connectivity index (χ1n) is 6.83. The van der Waals surface area contributed by atoms with Gasteiger partial charge in [0.2, 0.25) is 0 Å². The van der Waals surface area contributed by atoms with Gasteiger partial charge < -0.3 is 15.2 Å². The second-order valence-electron chi connectivity index (χ2n) is 6.57. The van der Waals surface area contributed by atoms with Gasteiger partial charge in [0.15, 0.2) is 0 Å². The third-order valence-corrected chi connectivity index (χ3v) is 4.00. The van der Waals surface area contributed by atoms with Gasteiger partial charge in [-0.25, -0.2) is 9.59 Å². The lowest BCUT2D eigenvalue weighted by molar-refractivity contribution is -0.157. The van der Waals surface area contributed by atoms with E-state index in [0.29, 0.717) is 12.8 Å². The molecule has 1 aliphatic rings. The molecule has 0 bridgehead atoms. The zero-order chi connectivity index (χ0) is 14.9. The van der Waals surface area contributed by atoms with Gasteiger partial charge >= 0.3 is 12.1 Å². The zero-order valence-electron chi connectivity index (χ0n) is 12.5. The Kier molecular flexibility index (Phi) is 4.17. The quantitative estimate of drug-likeness (QED) is 0.824. The minimum Gasteiger partial charge on any atom is -0.480 e. The summed E-state index contributed by atoms with van der Waals surface area (Å²) in [4.78, 5) is 23.2. The van der Waals surface area contributed by atoms with Crippen LogP contribution in [0, 0.1) is 5.41 Å². The number of ether oxygens (including phenoxy) is 1. The second kappa shape index (κ2) is 5.02. The molecule has 0 saturated heterocycles. The Bertz CT molecular complexity index is 358. The molecule has 0 aromatic heterocycles. The number of aliphatic carboxylic acids is 1. The fourth-order valence-corrected chi connectivity index (χ4v) is 2.77. The Labute approximate surface area is 114 Å². The van der Waals surface area contributed by atoms with Crippen LogP contribution >= 0.6 is 0 Å². The van der Waals surface area contributed by atoms with Gasteiger partial charge in [0.25, 0.3) is 0 Å². The van der Waals surface area contributed by atoms with Crippen LogP contribution in [0.5, 0.6) is 0 Å². The number of rotatable bonds is 4. The first-order chi connectivity index (χ1) is 8.58. The lowest BCUT2D eigenvalue weighted by Crippen LogP contribution is -2.66. The minimum atomic E-state index is -1.16. The third kappa shape index (κ3) is 3.39. The van der Waals surface area contributed by atoms with Crippen molar-refractivity contribution in [3.8, 4) is 0 Å². The predicted molar refractivity (Wildman–Crippen MR) is 72.0 cm³/mol. The van der Waals surface area contributed by atoms with Crippen LogP contribution in [0.1, 0.15) is 60.3 Å². The van der Waals surface area contributed by atoms with Crippen LogP contribution in [-0.2, 0) is 9.53 Å². The highest BCUT2D eigenvalue weighted by Gasteiger charge is 2.58. The third-order valence-electron chi connectivity index (χ3n) is 4.00. The van der Waals surface area contributed by atoms with Gasteiger partial charge in [0.1, 0.15) is 11.1 Å². The lowest BCUT2D eigenvalue weighted by atomic mass is 9.55. The molecule has 1 fully saturated rings. The molecule has 1 aliphatic carbocycles. The van der Waals surface area contributed by atoms with E-state index in [2.05, 4.69) is 19.2 Å². The fourth-order valence-electron chi connectivity index (χ4n) is 2.77. The SMILES string of the molecule is CCC1(CC)CC(NC(=O)OC(C)(C)C)(C(=O)O)C1. The van der Waals surface area contributed by atoms with E-state index >= 15 is 0 Å². The highest BCUT2D eigenvalue weighted by atomic mass is 16.6. The first kappa shape index (κ1) is 15.8. The van der Waals surface area contributed by atoms with Crippen molar-refractivity contribution in [1.29, 1.82) is 0 Å². The molecule has 110 valence electrons. The average Bonchev–Trinajstić information content (AvgIpc) is 2.19. The smallest absolute Gasteiger partial charge is 0.408 e. The molecule has 2 N–H and O–H groups in total. The van der Waals surface area contributed by atoms with E-state index < -0.39 is 23.2 Å². The van der Waals surface area contributed by atoms with E-state index in [-0.39, 0.29) is 5.41 Å². The average molecular weight is 271 g/mol. The predicted octanol–water partition coefficient (Wildman–Crippen LogP) is 2.93. The summed E-state index contributed by atoms with van der Waals surface area (Å²) in [6, 6.07) is 0. The maximum atomic E-state index is 11.8. The molecular weight excluding hydrogens is 246 g/mol. The van der Waals surface area contributed by atoms with Gasteiger partial charge in [-0.3, -0.25) is 0 Å². The summed E-state index contributed by atoms with van der Waals surface area (Å²) in [5, 5.41) is 11.9. The van der Waals surface area contributed by atoms with Crippen molar-refractivity contribution in [3.63, 3.8) is 0 Å². The number of nitrogens with one attached hydrogen (secondary N) is 1. The normalized spacial score (nSPS) is 20.3. The number of alkyl carbamates (subject to hydrolysis) is 1. The maximum Gasteiger partial charge on any atom is 0.408 e. The van der Waals surface area contributed by atoms with Crippen LogP contribution in [-0.4, -0.2) is 28.3 Å². The maximum absolute atomic E-state index is 11.8. The van der Waals surface area contributed by atoms with Crippen LogP contribution in [0.15, 0.2) is 0 Å². The number of hydrogen-bond acceptors (Lipinski definition) is 3. The molecule has 0 aromatic rings. The molecule has 1 saturated carbocycles. The molecule has 5 heteroatoms. The van der Waals surface area contributed by atoms with Crippen molar-refractivity contribution < 1.29 is 19.4 Å². The number of carboxylic acids is 1.